The summed E-state index contributed by atoms with van der Waals surface area (Å²) in [7, 11) is 0. The number of piperidine rings is 3. The molecule has 20 heavy (non-hydrogen) atoms. The molecule has 0 atom stereocenters. The van der Waals surface area contributed by atoms with Gasteiger partial charge >= 0.3 is 0 Å². The van der Waals surface area contributed by atoms with E-state index in [1.54, 1.807) is 5.57 Å². The van der Waals surface area contributed by atoms with Crippen LogP contribution in [0.3, 0.4) is 0 Å². The summed E-state index contributed by atoms with van der Waals surface area (Å²) in [4.78, 5) is 2.57. The van der Waals surface area contributed by atoms with E-state index in [-0.39, 0.29) is 6.29 Å². The zero-order valence-corrected chi connectivity index (χ0v) is 11.8. The molecule has 0 N–H and O–H groups in total. The van der Waals surface area contributed by atoms with Gasteiger partial charge in [-0.1, -0.05) is 35.9 Å². The Morgan fingerprint density at radius 2 is 1.70 bits per heavy atom. The average Bonchev–Trinajstić information content (AvgIpc) is 3.04. The van der Waals surface area contributed by atoms with Crippen LogP contribution in [-0.4, -0.2) is 37.7 Å². The van der Waals surface area contributed by atoms with Crippen LogP contribution in [0.25, 0.3) is 6.08 Å². The first-order valence-electron chi connectivity index (χ1n) is 7.64. The Kier molecular flexibility index (Phi) is 3.34. The van der Waals surface area contributed by atoms with Crippen LogP contribution < -0.4 is 0 Å². The van der Waals surface area contributed by atoms with Crippen molar-refractivity contribution in [3.8, 4) is 0 Å². The van der Waals surface area contributed by atoms with Gasteiger partial charge in [-0.15, -0.1) is 0 Å². The lowest BCUT2D eigenvalue weighted by atomic mass is 9.83. The van der Waals surface area contributed by atoms with Crippen LogP contribution in [0.1, 0.15) is 30.3 Å². The largest absolute Gasteiger partial charge is 0.346 e. The molecule has 4 aliphatic heterocycles. The monoisotopic (exact) mass is 271 g/mol. The van der Waals surface area contributed by atoms with Gasteiger partial charge in [0.1, 0.15) is 0 Å². The van der Waals surface area contributed by atoms with Gasteiger partial charge in [0, 0.05) is 12.1 Å². The first-order chi connectivity index (χ1) is 9.88. The smallest absolute Gasteiger partial charge is 0.184 e. The lowest BCUT2D eigenvalue weighted by Crippen LogP contribution is -2.42. The number of benzene rings is 1. The summed E-state index contributed by atoms with van der Waals surface area (Å²) in [6.07, 6.45) is 4.91. The van der Waals surface area contributed by atoms with Crippen molar-refractivity contribution in [3.05, 3.63) is 41.0 Å². The number of rotatable bonds is 2. The van der Waals surface area contributed by atoms with E-state index in [1.807, 2.05) is 0 Å². The van der Waals surface area contributed by atoms with E-state index < -0.39 is 0 Å². The Morgan fingerprint density at radius 1 is 1.00 bits per heavy atom. The molecule has 3 nitrogen and oxygen atoms in total. The van der Waals surface area contributed by atoms with Gasteiger partial charge in [-0.05, 0) is 37.4 Å². The van der Waals surface area contributed by atoms with Crippen LogP contribution in [-0.2, 0) is 9.47 Å². The highest BCUT2D eigenvalue weighted by Gasteiger charge is 2.29. The van der Waals surface area contributed by atoms with Gasteiger partial charge in [-0.2, -0.15) is 0 Å². The molecule has 0 saturated carbocycles. The van der Waals surface area contributed by atoms with Crippen molar-refractivity contribution < 1.29 is 9.47 Å². The molecule has 0 radical (unpaired) electrons. The average molecular weight is 271 g/mol. The molecule has 0 unspecified atom stereocenters. The number of hydrogen-bond donors (Lipinski definition) is 0. The predicted octanol–water partition coefficient (Wildman–Crippen LogP) is 2.84. The Balaban J connectivity index is 1.51. The van der Waals surface area contributed by atoms with Crippen molar-refractivity contribution in [2.45, 2.75) is 19.1 Å². The molecular weight excluding hydrogens is 250 g/mol. The van der Waals surface area contributed by atoms with E-state index in [9.17, 15) is 0 Å². The number of ether oxygens (including phenoxy) is 2. The Hall–Kier alpha value is -1.16. The highest BCUT2D eigenvalue weighted by Crippen LogP contribution is 2.33. The standard InChI is InChI=1S/C17H21NO2/c1-3-15(17-19-9-10-20-17)4-2-13(1)11-16-12-18-7-5-14(16)6-8-18/h1-4,11,14,17H,5-10,12H2/b16-11+. The molecule has 4 aliphatic rings. The Bertz CT molecular complexity index is 494. The molecule has 106 valence electrons. The minimum Gasteiger partial charge on any atom is -0.346 e. The van der Waals surface area contributed by atoms with Gasteiger partial charge in [-0.3, -0.25) is 4.90 Å². The van der Waals surface area contributed by atoms with Gasteiger partial charge in [0.25, 0.3) is 0 Å². The van der Waals surface area contributed by atoms with Crippen molar-refractivity contribution in [1.29, 1.82) is 0 Å². The molecule has 0 aliphatic carbocycles. The van der Waals surface area contributed by atoms with Crippen LogP contribution in [0.5, 0.6) is 0 Å². The van der Waals surface area contributed by atoms with Crippen LogP contribution in [0.2, 0.25) is 0 Å². The molecule has 2 bridgehead atoms. The number of hydrogen-bond acceptors (Lipinski definition) is 3. The van der Waals surface area contributed by atoms with E-state index in [0.29, 0.717) is 13.2 Å². The van der Waals surface area contributed by atoms with E-state index in [2.05, 4.69) is 35.2 Å². The van der Waals surface area contributed by atoms with Gasteiger partial charge in [-0.25, -0.2) is 0 Å². The lowest BCUT2D eigenvalue weighted by molar-refractivity contribution is -0.0441. The fraction of sp³-hybridized carbons (Fsp3) is 0.529. The predicted molar refractivity (Wildman–Crippen MR) is 78.2 cm³/mol. The molecule has 0 spiro atoms. The summed E-state index contributed by atoms with van der Waals surface area (Å²) in [6, 6.07) is 8.63. The molecule has 3 heteroatoms. The van der Waals surface area contributed by atoms with Crippen LogP contribution in [0.4, 0.5) is 0 Å². The normalized spacial score (nSPS) is 32.1. The molecule has 5 rings (SSSR count). The van der Waals surface area contributed by atoms with E-state index >= 15 is 0 Å². The first-order valence-corrected chi connectivity index (χ1v) is 7.64. The fourth-order valence-corrected chi connectivity index (χ4v) is 3.53. The molecule has 1 aromatic carbocycles. The van der Waals surface area contributed by atoms with E-state index in [1.165, 1.54) is 38.0 Å². The second kappa shape index (κ2) is 5.32. The molecular formula is C17H21NO2. The third-order valence-corrected chi connectivity index (χ3v) is 4.70. The van der Waals surface area contributed by atoms with Crippen LogP contribution in [0.15, 0.2) is 29.8 Å². The van der Waals surface area contributed by atoms with Crippen molar-refractivity contribution in [2.24, 2.45) is 5.92 Å². The van der Waals surface area contributed by atoms with Crippen molar-refractivity contribution in [3.63, 3.8) is 0 Å². The van der Waals surface area contributed by atoms with Gasteiger partial charge < -0.3 is 9.47 Å². The topological polar surface area (TPSA) is 21.7 Å². The molecule has 0 aromatic heterocycles. The van der Waals surface area contributed by atoms with Crippen LogP contribution in [0, 0.1) is 5.92 Å². The molecule has 0 amide bonds. The maximum atomic E-state index is 5.52. The second-order valence-corrected chi connectivity index (χ2v) is 6.01. The minimum absolute atomic E-state index is 0.159. The van der Waals surface area contributed by atoms with Gasteiger partial charge in [0.2, 0.25) is 0 Å². The Labute approximate surface area is 120 Å². The Morgan fingerprint density at radius 3 is 2.30 bits per heavy atom. The SMILES string of the molecule is C(=C1/CN2CCC1CC2)/c1ccc(C2OCCO2)cc1. The van der Waals surface area contributed by atoms with Gasteiger partial charge in [0.15, 0.2) is 6.29 Å². The summed E-state index contributed by atoms with van der Waals surface area (Å²) in [5.41, 5.74) is 4.04. The molecule has 4 fully saturated rings. The van der Waals surface area contributed by atoms with Crippen molar-refractivity contribution >= 4 is 6.08 Å². The zero-order valence-electron chi connectivity index (χ0n) is 11.8. The molecule has 4 saturated heterocycles. The summed E-state index contributed by atoms with van der Waals surface area (Å²) in [5, 5.41) is 0. The maximum absolute atomic E-state index is 5.52. The molecule has 1 aromatic rings. The van der Waals surface area contributed by atoms with Crippen LogP contribution >= 0.6 is 0 Å². The van der Waals surface area contributed by atoms with E-state index in [0.717, 1.165) is 11.5 Å². The maximum Gasteiger partial charge on any atom is 0.184 e. The second-order valence-electron chi connectivity index (χ2n) is 6.01. The molecule has 4 heterocycles. The number of fused-ring (bicyclic) bond motifs is 3. The van der Waals surface area contributed by atoms with Crippen molar-refractivity contribution in [2.75, 3.05) is 32.8 Å². The minimum atomic E-state index is -0.159. The highest BCUT2D eigenvalue weighted by atomic mass is 16.7. The zero-order chi connectivity index (χ0) is 13.4. The fourth-order valence-electron chi connectivity index (χ4n) is 3.53. The third kappa shape index (κ3) is 2.41. The van der Waals surface area contributed by atoms with Gasteiger partial charge in [0.05, 0.1) is 13.2 Å². The summed E-state index contributed by atoms with van der Waals surface area (Å²) >= 11 is 0. The first kappa shape index (κ1) is 12.6. The summed E-state index contributed by atoms with van der Waals surface area (Å²) < 4.78 is 11.0. The number of nitrogens with zero attached hydrogens (tertiary/aromatic N) is 1. The lowest BCUT2D eigenvalue weighted by Gasteiger charge is -2.41. The third-order valence-electron chi connectivity index (χ3n) is 4.70. The highest BCUT2D eigenvalue weighted by molar-refractivity contribution is 5.55. The summed E-state index contributed by atoms with van der Waals surface area (Å²) in [6.45, 7) is 5.15. The van der Waals surface area contributed by atoms with Crippen molar-refractivity contribution in [1.82, 2.24) is 4.90 Å². The van der Waals surface area contributed by atoms with E-state index in [4.69, 9.17) is 9.47 Å². The summed E-state index contributed by atoms with van der Waals surface area (Å²) in [5.74, 6) is 0.821. The quantitative estimate of drug-likeness (QED) is 0.825.